The van der Waals surface area contributed by atoms with Crippen molar-refractivity contribution < 1.29 is 14.4 Å². The fourth-order valence-electron chi connectivity index (χ4n) is 2.54. The molecule has 3 rings (SSSR count). The van der Waals surface area contributed by atoms with Gasteiger partial charge < -0.3 is 9.47 Å². The zero-order chi connectivity index (χ0) is 22.4. The lowest BCUT2D eigenvalue weighted by Crippen LogP contribution is -2.02. The number of benzene rings is 2. The number of nitrogens with zero attached hydrogens (tertiary/aromatic N) is 3. The second-order valence-electron chi connectivity index (χ2n) is 6.06. The van der Waals surface area contributed by atoms with Crippen LogP contribution in [0.4, 0.5) is 11.5 Å². The third kappa shape index (κ3) is 5.96. The normalized spacial score (nSPS) is 10.8. The lowest BCUT2D eigenvalue weighted by Gasteiger charge is -2.14. The van der Waals surface area contributed by atoms with E-state index >= 15 is 0 Å². The van der Waals surface area contributed by atoms with Gasteiger partial charge in [0.15, 0.2) is 11.5 Å². The van der Waals surface area contributed by atoms with Gasteiger partial charge in [-0.15, -0.1) is 0 Å². The lowest BCUT2D eigenvalue weighted by atomic mass is 10.2. The minimum atomic E-state index is -0.532. The molecule has 8 nitrogen and oxygen atoms in total. The second-order valence-corrected chi connectivity index (χ2v) is 8.06. The van der Waals surface area contributed by atoms with Gasteiger partial charge in [-0.05, 0) is 58.5 Å². The molecule has 0 radical (unpaired) electrons. The molecule has 0 fully saturated rings. The monoisotopic (exact) mass is 572 g/mol. The van der Waals surface area contributed by atoms with Gasteiger partial charge in [-0.1, -0.05) is 29.3 Å². The highest BCUT2D eigenvalue weighted by Gasteiger charge is 2.14. The fourth-order valence-corrected chi connectivity index (χ4v) is 3.79. The van der Waals surface area contributed by atoms with E-state index in [1.54, 1.807) is 24.3 Å². The third-order valence-corrected chi connectivity index (χ3v) is 5.39. The Morgan fingerprint density at radius 3 is 2.81 bits per heavy atom. The van der Waals surface area contributed by atoms with Gasteiger partial charge in [-0.3, -0.25) is 15.5 Å². The second kappa shape index (κ2) is 10.6. The van der Waals surface area contributed by atoms with E-state index in [9.17, 15) is 10.1 Å². The first kappa shape index (κ1) is 23.0. The number of pyridine rings is 1. The van der Waals surface area contributed by atoms with E-state index in [0.29, 0.717) is 27.1 Å². The zero-order valence-corrected chi connectivity index (χ0v) is 19.7. The standard InChI is InChI=1S/C20H15Cl2IN4O4/c1-30-18-8-12(10-25-26-20-17(27(28)29)3-2-6-24-20)7-16(23)19(18)31-11-13-4-5-14(21)9-15(13)22/h2-10H,11H2,1H3,(H,24,26)/b25-10-. The first-order valence-corrected chi connectivity index (χ1v) is 10.5. The number of aromatic nitrogens is 1. The highest BCUT2D eigenvalue weighted by molar-refractivity contribution is 14.1. The summed E-state index contributed by atoms with van der Waals surface area (Å²) >= 11 is 14.3. The summed E-state index contributed by atoms with van der Waals surface area (Å²) in [6, 6.07) is 11.6. The van der Waals surface area contributed by atoms with Gasteiger partial charge in [0.25, 0.3) is 0 Å². The number of rotatable bonds is 8. The first-order chi connectivity index (χ1) is 14.9. The van der Waals surface area contributed by atoms with Crippen molar-refractivity contribution in [3.05, 3.63) is 83.5 Å². The van der Waals surface area contributed by atoms with Gasteiger partial charge in [-0.2, -0.15) is 5.10 Å². The molecule has 0 saturated carbocycles. The van der Waals surface area contributed by atoms with E-state index in [0.717, 1.165) is 9.13 Å². The molecule has 3 aromatic rings. The molecule has 1 aromatic heterocycles. The van der Waals surface area contributed by atoms with Crippen molar-refractivity contribution in [3.8, 4) is 11.5 Å². The van der Waals surface area contributed by atoms with E-state index in [1.807, 2.05) is 6.07 Å². The molecular weight excluding hydrogens is 558 g/mol. The Bertz CT molecular complexity index is 1140. The molecule has 0 spiro atoms. The van der Waals surface area contributed by atoms with Crippen LogP contribution in [0.1, 0.15) is 11.1 Å². The van der Waals surface area contributed by atoms with Gasteiger partial charge in [0.1, 0.15) is 6.61 Å². The number of methoxy groups -OCH3 is 1. The number of hydrazone groups is 1. The summed E-state index contributed by atoms with van der Waals surface area (Å²) in [7, 11) is 1.53. The van der Waals surface area contributed by atoms with Crippen LogP contribution in [0, 0.1) is 13.7 Å². The van der Waals surface area contributed by atoms with E-state index in [-0.39, 0.29) is 18.1 Å². The molecule has 0 saturated heterocycles. The van der Waals surface area contributed by atoms with E-state index in [4.69, 9.17) is 32.7 Å². The summed E-state index contributed by atoms with van der Waals surface area (Å²) in [6.45, 7) is 0.237. The van der Waals surface area contributed by atoms with Crippen molar-refractivity contribution in [2.45, 2.75) is 6.61 Å². The Kier molecular flexibility index (Phi) is 7.88. The molecule has 31 heavy (non-hydrogen) atoms. The third-order valence-electron chi connectivity index (χ3n) is 4.01. The maximum atomic E-state index is 11.0. The number of nitrogens with one attached hydrogen (secondary N) is 1. The minimum absolute atomic E-state index is 0.0465. The van der Waals surface area contributed by atoms with Crippen molar-refractivity contribution in [2.75, 3.05) is 12.5 Å². The largest absolute Gasteiger partial charge is 0.493 e. The molecule has 160 valence electrons. The van der Waals surface area contributed by atoms with Crippen molar-refractivity contribution >= 4 is 63.5 Å². The van der Waals surface area contributed by atoms with Crippen LogP contribution in [-0.4, -0.2) is 23.2 Å². The van der Waals surface area contributed by atoms with Crippen molar-refractivity contribution in [1.82, 2.24) is 4.98 Å². The van der Waals surface area contributed by atoms with Gasteiger partial charge in [0, 0.05) is 27.9 Å². The maximum absolute atomic E-state index is 11.0. The molecule has 0 atom stereocenters. The predicted octanol–water partition coefficient (Wildman–Crippen LogP) is 5.93. The van der Waals surface area contributed by atoms with E-state index in [1.165, 1.54) is 31.7 Å². The van der Waals surface area contributed by atoms with Gasteiger partial charge in [0.2, 0.25) is 5.82 Å². The molecule has 11 heteroatoms. The van der Waals surface area contributed by atoms with Crippen LogP contribution in [0.15, 0.2) is 53.8 Å². The highest BCUT2D eigenvalue weighted by Crippen LogP contribution is 2.35. The summed E-state index contributed by atoms with van der Waals surface area (Å²) in [6.07, 6.45) is 2.94. The number of halogens is 3. The molecule has 1 heterocycles. The van der Waals surface area contributed by atoms with Crippen LogP contribution in [0.3, 0.4) is 0 Å². The first-order valence-electron chi connectivity index (χ1n) is 8.71. The maximum Gasteiger partial charge on any atom is 0.313 e. The summed E-state index contributed by atoms with van der Waals surface area (Å²) in [4.78, 5) is 14.4. The van der Waals surface area contributed by atoms with E-state index in [2.05, 4.69) is 38.1 Å². The molecular formula is C20H15Cl2IN4O4. The van der Waals surface area contributed by atoms with Gasteiger partial charge in [-0.25, -0.2) is 4.98 Å². The zero-order valence-electron chi connectivity index (χ0n) is 16.0. The van der Waals surface area contributed by atoms with Crippen LogP contribution in [0.2, 0.25) is 10.0 Å². The van der Waals surface area contributed by atoms with Crippen molar-refractivity contribution in [1.29, 1.82) is 0 Å². The summed E-state index contributed by atoms with van der Waals surface area (Å²) < 4.78 is 12.2. The Morgan fingerprint density at radius 1 is 1.29 bits per heavy atom. The molecule has 0 aliphatic heterocycles. The Hall–Kier alpha value is -2.63. The molecule has 0 aliphatic carbocycles. The summed E-state index contributed by atoms with van der Waals surface area (Å²) in [5.41, 5.74) is 3.90. The number of hydrogen-bond donors (Lipinski definition) is 1. The molecule has 0 bridgehead atoms. The van der Waals surface area contributed by atoms with Crippen molar-refractivity contribution in [3.63, 3.8) is 0 Å². The number of ether oxygens (including phenoxy) is 2. The van der Waals surface area contributed by atoms with Crippen LogP contribution in [0.25, 0.3) is 0 Å². The lowest BCUT2D eigenvalue weighted by molar-refractivity contribution is -0.384. The topological polar surface area (TPSA) is 98.9 Å². The number of anilines is 1. The summed E-state index contributed by atoms with van der Waals surface area (Å²) in [5, 5.41) is 16.2. The number of nitro groups is 1. The number of hydrogen-bond acceptors (Lipinski definition) is 7. The SMILES string of the molecule is COc1cc(/C=N\Nc2ncccc2[N+](=O)[O-])cc(I)c1OCc1ccc(Cl)cc1Cl. The molecule has 0 amide bonds. The average Bonchev–Trinajstić information content (AvgIpc) is 2.74. The van der Waals surface area contributed by atoms with Crippen molar-refractivity contribution in [2.24, 2.45) is 5.10 Å². The Balaban J connectivity index is 1.76. The quantitative estimate of drug-likeness (QED) is 0.155. The molecule has 0 unspecified atom stereocenters. The average molecular weight is 573 g/mol. The van der Waals surface area contributed by atoms with Gasteiger partial charge in [0.05, 0.1) is 21.8 Å². The van der Waals surface area contributed by atoms with Crippen LogP contribution in [0.5, 0.6) is 11.5 Å². The smallest absolute Gasteiger partial charge is 0.313 e. The summed E-state index contributed by atoms with van der Waals surface area (Å²) in [5.74, 6) is 1.10. The fraction of sp³-hybridized carbons (Fsp3) is 0.100. The highest BCUT2D eigenvalue weighted by atomic mass is 127. The Morgan fingerprint density at radius 2 is 2.10 bits per heavy atom. The van der Waals surface area contributed by atoms with Crippen LogP contribution >= 0.6 is 45.8 Å². The van der Waals surface area contributed by atoms with Crippen LogP contribution < -0.4 is 14.9 Å². The van der Waals surface area contributed by atoms with Gasteiger partial charge >= 0.3 is 5.69 Å². The molecule has 0 aliphatic rings. The van der Waals surface area contributed by atoms with Crippen LogP contribution in [-0.2, 0) is 6.61 Å². The minimum Gasteiger partial charge on any atom is -0.493 e. The Labute approximate surface area is 201 Å². The van der Waals surface area contributed by atoms with E-state index < -0.39 is 4.92 Å². The molecule has 2 aromatic carbocycles. The molecule has 1 N–H and O–H groups in total. The predicted molar refractivity (Wildman–Crippen MR) is 129 cm³/mol.